The van der Waals surface area contributed by atoms with Crippen LogP contribution >= 0.6 is 7.82 Å². The second kappa shape index (κ2) is 32.9. The zero-order valence-electron chi connectivity index (χ0n) is 28.2. The summed E-state index contributed by atoms with van der Waals surface area (Å²) in [7, 11) is -4.26. The van der Waals surface area contributed by atoms with Gasteiger partial charge in [0.05, 0.1) is 19.8 Å². The molecule has 0 radical (unpaired) electrons. The van der Waals surface area contributed by atoms with Gasteiger partial charge in [0.25, 0.3) is 0 Å². The first kappa shape index (κ1) is 42.5. The second-order valence-electron chi connectivity index (χ2n) is 12.1. The molecule has 0 heterocycles. The van der Waals surface area contributed by atoms with E-state index in [9.17, 15) is 14.3 Å². The van der Waals surface area contributed by atoms with Gasteiger partial charge in [-0.3, -0.25) is 13.8 Å². The van der Waals surface area contributed by atoms with Crippen molar-refractivity contribution in [2.45, 2.75) is 180 Å². The Morgan fingerprint density at radius 2 is 1.02 bits per heavy atom. The molecule has 0 saturated carbocycles. The standard InChI is InChI=1S/C34H70NO7P/c1-3-5-7-9-11-13-15-16-18-20-22-24-26-29-39-31-33(32-41-43(37,38)40-30-28-35)42-34(36)27-25-23-21-19-17-14-12-10-8-6-4-2/h33H,3-32,35H2,1-2H3,(H,37,38). The summed E-state index contributed by atoms with van der Waals surface area (Å²) in [6.07, 6.45) is 29.6. The Labute approximate surface area is 265 Å². The highest BCUT2D eigenvalue weighted by Gasteiger charge is 2.25. The van der Waals surface area contributed by atoms with Crippen molar-refractivity contribution in [3.05, 3.63) is 0 Å². The molecule has 2 atom stereocenters. The fourth-order valence-electron chi connectivity index (χ4n) is 5.11. The lowest BCUT2D eigenvalue weighted by atomic mass is 10.0. The monoisotopic (exact) mass is 635 g/mol. The molecule has 0 aromatic heterocycles. The van der Waals surface area contributed by atoms with Gasteiger partial charge >= 0.3 is 13.8 Å². The Kier molecular flexibility index (Phi) is 32.5. The normalized spacial score (nSPS) is 13.7. The average molecular weight is 636 g/mol. The summed E-state index contributed by atoms with van der Waals surface area (Å²) in [5, 5.41) is 0. The van der Waals surface area contributed by atoms with Crippen LogP contribution in [0.3, 0.4) is 0 Å². The SMILES string of the molecule is CCCCCCCCCCCCCCCOCC(COP(=O)(O)OCCN)OC(=O)CCCCCCCCCCCCC. The topological polar surface area (TPSA) is 117 Å². The molecule has 0 aliphatic heterocycles. The van der Waals surface area contributed by atoms with Gasteiger partial charge in [-0.05, 0) is 12.8 Å². The van der Waals surface area contributed by atoms with Gasteiger partial charge in [0.1, 0.15) is 6.10 Å². The summed E-state index contributed by atoms with van der Waals surface area (Å²) in [5.41, 5.74) is 5.34. The summed E-state index contributed by atoms with van der Waals surface area (Å²) >= 11 is 0. The number of unbranched alkanes of at least 4 members (excludes halogenated alkanes) is 22. The third-order valence-electron chi connectivity index (χ3n) is 7.77. The Hall–Kier alpha value is -0.500. The Morgan fingerprint density at radius 1 is 0.605 bits per heavy atom. The number of esters is 1. The molecule has 0 aromatic rings. The van der Waals surface area contributed by atoms with E-state index < -0.39 is 13.9 Å². The minimum atomic E-state index is -4.26. The fourth-order valence-corrected chi connectivity index (χ4v) is 5.88. The number of rotatable bonds is 35. The molecule has 0 fully saturated rings. The number of ether oxygens (including phenoxy) is 2. The van der Waals surface area contributed by atoms with Gasteiger partial charge in [0, 0.05) is 19.6 Å². The molecule has 0 bridgehead atoms. The van der Waals surface area contributed by atoms with Crippen LogP contribution in [0.1, 0.15) is 174 Å². The quantitative estimate of drug-likeness (QED) is 0.0401. The van der Waals surface area contributed by atoms with Gasteiger partial charge in [-0.1, -0.05) is 155 Å². The zero-order valence-corrected chi connectivity index (χ0v) is 29.1. The van der Waals surface area contributed by atoms with Gasteiger partial charge in [-0.25, -0.2) is 4.57 Å². The van der Waals surface area contributed by atoms with Crippen molar-refractivity contribution in [1.29, 1.82) is 0 Å². The Balaban J connectivity index is 4.08. The molecule has 43 heavy (non-hydrogen) atoms. The number of hydrogen-bond donors (Lipinski definition) is 2. The lowest BCUT2D eigenvalue weighted by molar-refractivity contribution is -0.154. The Bertz CT molecular complexity index is 638. The van der Waals surface area contributed by atoms with Crippen LogP contribution in [0.5, 0.6) is 0 Å². The van der Waals surface area contributed by atoms with Crippen LogP contribution in [0.15, 0.2) is 0 Å². The summed E-state index contributed by atoms with van der Waals surface area (Å²) in [4.78, 5) is 22.3. The smallest absolute Gasteiger partial charge is 0.457 e. The van der Waals surface area contributed by atoms with Gasteiger partial charge in [0.15, 0.2) is 0 Å². The van der Waals surface area contributed by atoms with Crippen LogP contribution in [-0.4, -0.2) is 49.9 Å². The zero-order chi connectivity index (χ0) is 31.7. The van der Waals surface area contributed by atoms with Crippen molar-refractivity contribution < 1.29 is 32.8 Å². The van der Waals surface area contributed by atoms with E-state index in [2.05, 4.69) is 13.8 Å². The molecule has 258 valence electrons. The van der Waals surface area contributed by atoms with Gasteiger partial charge in [-0.15, -0.1) is 0 Å². The summed E-state index contributed by atoms with van der Waals surface area (Å²) in [6, 6.07) is 0. The number of hydrogen-bond acceptors (Lipinski definition) is 7. The predicted molar refractivity (Wildman–Crippen MR) is 178 cm³/mol. The third-order valence-corrected chi connectivity index (χ3v) is 8.76. The lowest BCUT2D eigenvalue weighted by Crippen LogP contribution is -2.28. The summed E-state index contributed by atoms with van der Waals surface area (Å²) in [5.74, 6) is -0.329. The molecule has 3 N–H and O–H groups in total. The molecule has 0 rings (SSSR count). The van der Waals surface area contributed by atoms with Crippen LogP contribution in [0.25, 0.3) is 0 Å². The number of carbonyl (C=O) groups is 1. The molecule has 0 aliphatic carbocycles. The third kappa shape index (κ3) is 32.7. The van der Waals surface area contributed by atoms with E-state index in [4.69, 9.17) is 24.3 Å². The number of phosphoric acid groups is 1. The lowest BCUT2D eigenvalue weighted by Gasteiger charge is -2.20. The van der Waals surface area contributed by atoms with E-state index in [1.54, 1.807) is 0 Å². The largest absolute Gasteiger partial charge is 0.472 e. The first-order valence-corrected chi connectivity index (χ1v) is 19.5. The van der Waals surface area contributed by atoms with Crippen molar-refractivity contribution in [1.82, 2.24) is 0 Å². The number of carbonyl (C=O) groups excluding carboxylic acids is 1. The molecule has 0 aromatic carbocycles. The van der Waals surface area contributed by atoms with Crippen molar-refractivity contribution in [3.63, 3.8) is 0 Å². The van der Waals surface area contributed by atoms with Crippen LogP contribution < -0.4 is 5.73 Å². The predicted octanol–water partition coefficient (Wildman–Crippen LogP) is 9.80. The maximum Gasteiger partial charge on any atom is 0.472 e. The van der Waals surface area contributed by atoms with Crippen molar-refractivity contribution >= 4 is 13.8 Å². The average Bonchev–Trinajstić information content (AvgIpc) is 2.99. The molecule has 0 saturated heterocycles. The van der Waals surface area contributed by atoms with Gasteiger partial charge < -0.3 is 20.1 Å². The first-order valence-electron chi connectivity index (χ1n) is 18.0. The van der Waals surface area contributed by atoms with Crippen LogP contribution in [0.2, 0.25) is 0 Å². The molecule has 9 heteroatoms. The molecule has 0 aliphatic rings. The van der Waals surface area contributed by atoms with Crippen molar-refractivity contribution in [3.8, 4) is 0 Å². The molecular formula is C34H70NO7P. The maximum absolute atomic E-state index is 12.5. The summed E-state index contributed by atoms with van der Waals surface area (Å²) in [6.45, 7) is 4.94. The van der Waals surface area contributed by atoms with E-state index in [0.717, 1.165) is 32.1 Å². The van der Waals surface area contributed by atoms with Gasteiger partial charge in [-0.2, -0.15) is 0 Å². The van der Waals surface area contributed by atoms with Crippen molar-refractivity contribution in [2.75, 3.05) is 33.0 Å². The molecule has 0 amide bonds. The van der Waals surface area contributed by atoms with Crippen LogP contribution in [0, 0.1) is 0 Å². The first-order chi connectivity index (χ1) is 20.9. The van der Waals surface area contributed by atoms with E-state index in [-0.39, 0.29) is 32.3 Å². The highest BCUT2D eigenvalue weighted by molar-refractivity contribution is 7.47. The van der Waals surface area contributed by atoms with E-state index in [0.29, 0.717) is 13.0 Å². The molecular weight excluding hydrogens is 565 g/mol. The van der Waals surface area contributed by atoms with E-state index in [1.807, 2.05) is 0 Å². The van der Waals surface area contributed by atoms with E-state index in [1.165, 1.54) is 122 Å². The number of nitrogens with two attached hydrogens (primary N) is 1. The second-order valence-corrected chi connectivity index (χ2v) is 13.6. The highest BCUT2D eigenvalue weighted by atomic mass is 31.2. The number of phosphoric ester groups is 1. The minimum absolute atomic E-state index is 0.0906. The van der Waals surface area contributed by atoms with E-state index >= 15 is 0 Å². The highest BCUT2D eigenvalue weighted by Crippen LogP contribution is 2.43. The molecule has 8 nitrogen and oxygen atoms in total. The molecule has 2 unspecified atom stereocenters. The maximum atomic E-state index is 12.5. The van der Waals surface area contributed by atoms with Crippen molar-refractivity contribution in [2.24, 2.45) is 5.73 Å². The van der Waals surface area contributed by atoms with Gasteiger partial charge in [0.2, 0.25) is 0 Å². The van der Waals surface area contributed by atoms with Crippen LogP contribution in [-0.2, 0) is 27.9 Å². The Morgan fingerprint density at radius 3 is 1.47 bits per heavy atom. The fraction of sp³-hybridized carbons (Fsp3) is 0.971. The molecule has 0 spiro atoms. The minimum Gasteiger partial charge on any atom is -0.457 e. The summed E-state index contributed by atoms with van der Waals surface area (Å²) < 4.78 is 33.2. The van der Waals surface area contributed by atoms with Crippen LogP contribution in [0.4, 0.5) is 0 Å².